The van der Waals surface area contributed by atoms with Crippen LogP contribution in [-0.2, 0) is 11.3 Å². The summed E-state index contributed by atoms with van der Waals surface area (Å²) in [4.78, 5) is 14.0. The number of amides is 1. The van der Waals surface area contributed by atoms with Gasteiger partial charge in [0.1, 0.15) is 11.5 Å². The second-order valence-corrected chi connectivity index (χ2v) is 5.26. The number of para-hydroxylation sites is 1. The van der Waals surface area contributed by atoms with Gasteiger partial charge in [0.25, 0.3) is 0 Å². The fraction of sp³-hybridized carbons (Fsp3) is 0.278. The summed E-state index contributed by atoms with van der Waals surface area (Å²) in [6, 6.07) is 15.1. The van der Waals surface area contributed by atoms with Crippen LogP contribution < -0.4 is 14.8 Å². The van der Waals surface area contributed by atoms with Crippen LogP contribution in [0.15, 0.2) is 48.5 Å². The third-order valence-electron chi connectivity index (χ3n) is 3.41. The van der Waals surface area contributed by atoms with E-state index in [2.05, 4.69) is 5.32 Å². The Kier molecular flexibility index (Phi) is 6.00. The highest BCUT2D eigenvalue weighted by Crippen LogP contribution is 2.25. The lowest BCUT2D eigenvalue weighted by Crippen LogP contribution is -2.29. The molecule has 0 fully saturated rings. The van der Waals surface area contributed by atoms with Crippen molar-refractivity contribution in [3.8, 4) is 11.5 Å². The van der Waals surface area contributed by atoms with E-state index in [4.69, 9.17) is 9.47 Å². The van der Waals surface area contributed by atoms with Gasteiger partial charge < -0.3 is 14.8 Å². The number of hydrogen-bond acceptors (Lipinski definition) is 4. The number of likely N-dealkylation sites (N-methyl/N-ethyl adjacent to an activating group) is 1. The van der Waals surface area contributed by atoms with Gasteiger partial charge in [0, 0.05) is 23.9 Å². The Labute approximate surface area is 136 Å². The predicted molar refractivity (Wildman–Crippen MR) is 91.0 cm³/mol. The van der Waals surface area contributed by atoms with Crippen molar-refractivity contribution in [3.05, 3.63) is 54.1 Å². The first kappa shape index (κ1) is 16.8. The van der Waals surface area contributed by atoms with Gasteiger partial charge in [-0.05, 0) is 25.2 Å². The van der Waals surface area contributed by atoms with Crippen LogP contribution in [0.4, 0.5) is 5.69 Å². The van der Waals surface area contributed by atoms with Crippen molar-refractivity contribution in [3.63, 3.8) is 0 Å². The maximum absolute atomic E-state index is 12.1. The van der Waals surface area contributed by atoms with E-state index in [0.29, 0.717) is 13.1 Å². The van der Waals surface area contributed by atoms with Crippen molar-refractivity contribution in [2.75, 3.05) is 33.1 Å². The van der Waals surface area contributed by atoms with Crippen molar-refractivity contribution in [2.24, 2.45) is 0 Å². The molecule has 0 spiro atoms. The molecule has 0 aliphatic carbocycles. The van der Waals surface area contributed by atoms with E-state index in [0.717, 1.165) is 22.7 Å². The Balaban J connectivity index is 1.94. The number of carbonyl (C=O) groups is 1. The fourth-order valence-electron chi connectivity index (χ4n) is 2.30. The maximum atomic E-state index is 12.1. The smallest absolute Gasteiger partial charge is 0.238 e. The molecule has 1 amide bonds. The molecule has 5 heteroatoms. The molecule has 0 aromatic heterocycles. The summed E-state index contributed by atoms with van der Waals surface area (Å²) in [5, 5.41) is 2.87. The van der Waals surface area contributed by atoms with E-state index in [1.165, 1.54) is 0 Å². The highest BCUT2D eigenvalue weighted by molar-refractivity contribution is 5.92. The number of carbonyl (C=O) groups excluding carboxylic acids is 1. The zero-order chi connectivity index (χ0) is 16.7. The van der Waals surface area contributed by atoms with Crippen LogP contribution in [0.2, 0.25) is 0 Å². The second kappa shape index (κ2) is 8.19. The second-order valence-electron chi connectivity index (χ2n) is 5.26. The topological polar surface area (TPSA) is 50.8 Å². The molecule has 23 heavy (non-hydrogen) atoms. The Bertz CT molecular complexity index is 644. The summed E-state index contributed by atoms with van der Waals surface area (Å²) >= 11 is 0. The van der Waals surface area contributed by atoms with Gasteiger partial charge in [-0.3, -0.25) is 9.69 Å². The summed E-state index contributed by atoms with van der Waals surface area (Å²) in [6.07, 6.45) is 0. The molecule has 0 radical (unpaired) electrons. The Morgan fingerprint density at radius 2 is 1.83 bits per heavy atom. The minimum atomic E-state index is -0.0498. The van der Waals surface area contributed by atoms with Crippen LogP contribution in [0, 0.1) is 0 Å². The lowest BCUT2D eigenvalue weighted by atomic mass is 10.2. The third-order valence-corrected chi connectivity index (χ3v) is 3.41. The molecule has 122 valence electrons. The molecule has 0 bridgehead atoms. The summed E-state index contributed by atoms with van der Waals surface area (Å²) < 4.78 is 10.6. The monoisotopic (exact) mass is 314 g/mol. The Morgan fingerprint density at radius 1 is 1.09 bits per heavy atom. The summed E-state index contributed by atoms with van der Waals surface area (Å²) in [7, 11) is 5.14. The van der Waals surface area contributed by atoms with E-state index in [1.807, 2.05) is 60.5 Å². The third kappa shape index (κ3) is 5.00. The largest absolute Gasteiger partial charge is 0.497 e. The molecule has 0 saturated heterocycles. The van der Waals surface area contributed by atoms with E-state index in [9.17, 15) is 4.79 Å². The fourth-order valence-corrected chi connectivity index (χ4v) is 2.30. The SMILES string of the molecule is COc1ccc(CN(C)CC(=O)Nc2ccccc2)c(OC)c1. The maximum Gasteiger partial charge on any atom is 0.238 e. The average molecular weight is 314 g/mol. The first-order chi connectivity index (χ1) is 11.1. The number of rotatable bonds is 7. The summed E-state index contributed by atoms with van der Waals surface area (Å²) in [5.74, 6) is 1.45. The molecule has 2 aromatic rings. The van der Waals surface area contributed by atoms with Gasteiger partial charge >= 0.3 is 0 Å². The summed E-state index contributed by atoms with van der Waals surface area (Å²) in [6.45, 7) is 0.902. The zero-order valence-corrected chi connectivity index (χ0v) is 13.7. The van der Waals surface area contributed by atoms with Crippen molar-refractivity contribution in [1.82, 2.24) is 4.90 Å². The molecule has 2 rings (SSSR count). The molecule has 0 heterocycles. The number of nitrogens with one attached hydrogen (secondary N) is 1. The number of ether oxygens (including phenoxy) is 2. The first-order valence-corrected chi connectivity index (χ1v) is 7.36. The van der Waals surface area contributed by atoms with Crippen LogP contribution in [0.1, 0.15) is 5.56 Å². The number of benzene rings is 2. The molecule has 1 N–H and O–H groups in total. The lowest BCUT2D eigenvalue weighted by molar-refractivity contribution is -0.117. The number of methoxy groups -OCH3 is 2. The van der Waals surface area contributed by atoms with Gasteiger partial charge in [0.2, 0.25) is 5.91 Å². The van der Waals surface area contributed by atoms with Crippen molar-refractivity contribution >= 4 is 11.6 Å². The Morgan fingerprint density at radius 3 is 2.48 bits per heavy atom. The Hall–Kier alpha value is -2.53. The van der Waals surface area contributed by atoms with Gasteiger partial charge in [0.05, 0.1) is 20.8 Å². The number of hydrogen-bond donors (Lipinski definition) is 1. The minimum absolute atomic E-state index is 0.0498. The number of nitrogens with zero attached hydrogens (tertiary/aromatic N) is 1. The highest BCUT2D eigenvalue weighted by atomic mass is 16.5. The van der Waals surface area contributed by atoms with Gasteiger partial charge in [-0.1, -0.05) is 24.3 Å². The molecule has 0 aliphatic rings. The zero-order valence-electron chi connectivity index (χ0n) is 13.7. The average Bonchev–Trinajstić information content (AvgIpc) is 2.55. The normalized spacial score (nSPS) is 10.4. The van der Waals surface area contributed by atoms with Crippen LogP contribution in [0.5, 0.6) is 11.5 Å². The molecule has 0 saturated carbocycles. The quantitative estimate of drug-likeness (QED) is 0.854. The van der Waals surface area contributed by atoms with E-state index >= 15 is 0 Å². The standard InChI is InChI=1S/C18H22N2O3/c1-20(13-18(21)19-15-7-5-4-6-8-15)12-14-9-10-16(22-2)11-17(14)23-3/h4-11H,12-13H2,1-3H3,(H,19,21). The van der Waals surface area contributed by atoms with E-state index in [1.54, 1.807) is 14.2 Å². The van der Waals surface area contributed by atoms with Crippen molar-refractivity contribution < 1.29 is 14.3 Å². The van der Waals surface area contributed by atoms with Gasteiger partial charge in [-0.15, -0.1) is 0 Å². The van der Waals surface area contributed by atoms with Gasteiger partial charge in [-0.25, -0.2) is 0 Å². The number of anilines is 1. The molecule has 5 nitrogen and oxygen atoms in total. The van der Waals surface area contributed by atoms with Crippen molar-refractivity contribution in [1.29, 1.82) is 0 Å². The highest BCUT2D eigenvalue weighted by Gasteiger charge is 2.11. The van der Waals surface area contributed by atoms with Gasteiger partial charge in [0.15, 0.2) is 0 Å². The van der Waals surface area contributed by atoms with E-state index < -0.39 is 0 Å². The minimum Gasteiger partial charge on any atom is -0.497 e. The van der Waals surface area contributed by atoms with Crippen LogP contribution in [-0.4, -0.2) is 38.6 Å². The molecule has 0 aliphatic heterocycles. The van der Waals surface area contributed by atoms with Crippen molar-refractivity contribution in [2.45, 2.75) is 6.54 Å². The predicted octanol–water partition coefficient (Wildman–Crippen LogP) is 2.77. The molecule has 0 atom stereocenters. The molecular formula is C18H22N2O3. The van der Waals surface area contributed by atoms with Gasteiger partial charge in [-0.2, -0.15) is 0 Å². The molecule has 0 unspecified atom stereocenters. The van der Waals surface area contributed by atoms with Crippen LogP contribution in [0.25, 0.3) is 0 Å². The van der Waals surface area contributed by atoms with Crippen LogP contribution in [0.3, 0.4) is 0 Å². The molecule has 2 aromatic carbocycles. The lowest BCUT2D eigenvalue weighted by Gasteiger charge is -2.18. The van der Waals surface area contributed by atoms with Crippen LogP contribution >= 0.6 is 0 Å². The van der Waals surface area contributed by atoms with E-state index in [-0.39, 0.29) is 5.91 Å². The first-order valence-electron chi connectivity index (χ1n) is 7.36. The molecular weight excluding hydrogens is 292 g/mol. The summed E-state index contributed by atoms with van der Waals surface area (Å²) in [5.41, 5.74) is 1.80.